The van der Waals surface area contributed by atoms with E-state index in [1.807, 2.05) is 0 Å². The molecule has 0 unspecified atom stereocenters. The molecular weight excluding hydrogens is 430 g/mol. The van der Waals surface area contributed by atoms with Crippen LogP contribution >= 0.6 is 23.1 Å². The average Bonchev–Trinajstić information content (AvgIpc) is 3.34. The Morgan fingerprint density at radius 2 is 1.90 bits per heavy atom. The van der Waals surface area contributed by atoms with Gasteiger partial charge in [0.25, 0.3) is 0 Å². The van der Waals surface area contributed by atoms with E-state index in [1.165, 1.54) is 30.2 Å². The Labute approximate surface area is 180 Å². The zero-order chi connectivity index (χ0) is 21.5. The molecule has 0 saturated carbocycles. The molecule has 0 saturated heterocycles. The quantitative estimate of drug-likeness (QED) is 0.374. The van der Waals surface area contributed by atoms with Gasteiger partial charge in [-0.05, 0) is 24.6 Å². The highest BCUT2D eigenvalue weighted by atomic mass is 32.2. The number of rotatable bonds is 9. The number of benzene rings is 1. The molecule has 0 fully saturated rings. The van der Waals surface area contributed by atoms with Crippen molar-refractivity contribution in [3.8, 4) is 11.5 Å². The van der Waals surface area contributed by atoms with Crippen molar-refractivity contribution < 1.29 is 23.6 Å². The van der Waals surface area contributed by atoms with E-state index in [1.54, 1.807) is 38.3 Å². The van der Waals surface area contributed by atoms with Crippen molar-refractivity contribution in [3.05, 3.63) is 35.6 Å². The number of amides is 2. The normalized spacial score (nSPS) is 10.5. The molecule has 2 heterocycles. The Hall–Kier alpha value is -3.12. The van der Waals surface area contributed by atoms with Gasteiger partial charge >= 0.3 is 0 Å². The number of aromatic nitrogens is 3. The second kappa shape index (κ2) is 10.1. The van der Waals surface area contributed by atoms with Crippen LogP contribution in [0.3, 0.4) is 0 Å². The fourth-order valence-corrected chi connectivity index (χ4v) is 3.96. The molecule has 0 aliphatic carbocycles. The second-order valence-electron chi connectivity index (χ2n) is 5.95. The van der Waals surface area contributed by atoms with Gasteiger partial charge in [-0.1, -0.05) is 34.3 Å². The predicted molar refractivity (Wildman–Crippen MR) is 112 cm³/mol. The summed E-state index contributed by atoms with van der Waals surface area (Å²) in [7, 11) is 3.09. The number of nitrogens with zero attached hydrogens (tertiary/aromatic N) is 3. The van der Waals surface area contributed by atoms with E-state index < -0.39 is 0 Å². The first kappa shape index (κ1) is 21.6. The fourth-order valence-electron chi connectivity index (χ4n) is 2.39. The van der Waals surface area contributed by atoms with Crippen LogP contribution in [0.2, 0.25) is 0 Å². The van der Waals surface area contributed by atoms with Crippen molar-refractivity contribution in [3.63, 3.8) is 0 Å². The summed E-state index contributed by atoms with van der Waals surface area (Å²) in [4.78, 5) is 24.2. The molecule has 30 heavy (non-hydrogen) atoms. The van der Waals surface area contributed by atoms with Gasteiger partial charge in [-0.2, -0.15) is 0 Å². The van der Waals surface area contributed by atoms with Gasteiger partial charge < -0.3 is 24.6 Å². The Bertz CT molecular complexity index is 1040. The highest BCUT2D eigenvalue weighted by molar-refractivity contribution is 8.01. The van der Waals surface area contributed by atoms with Crippen molar-refractivity contribution in [2.24, 2.45) is 0 Å². The van der Waals surface area contributed by atoms with Crippen LogP contribution in [-0.2, 0) is 16.0 Å². The zero-order valence-corrected chi connectivity index (χ0v) is 18.1. The van der Waals surface area contributed by atoms with E-state index >= 15 is 0 Å². The van der Waals surface area contributed by atoms with Crippen LogP contribution in [0, 0.1) is 6.92 Å². The SMILES string of the molecule is COc1ccc(CC(=O)Nc2nnc(SCC(=O)Nc3cc(C)on3)s2)cc1OC. The topological polar surface area (TPSA) is 128 Å². The highest BCUT2D eigenvalue weighted by Crippen LogP contribution is 2.28. The zero-order valence-electron chi connectivity index (χ0n) is 16.4. The van der Waals surface area contributed by atoms with E-state index in [0.717, 1.165) is 5.56 Å². The summed E-state index contributed by atoms with van der Waals surface area (Å²) >= 11 is 2.40. The molecule has 0 atom stereocenters. The van der Waals surface area contributed by atoms with Gasteiger partial charge in [-0.15, -0.1) is 10.2 Å². The summed E-state index contributed by atoms with van der Waals surface area (Å²) in [5, 5.41) is 17.3. The lowest BCUT2D eigenvalue weighted by molar-refractivity contribution is -0.115. The van der Waals surface area contributed by atoms with Gasteiger partial charge in [0, 0.05) is 6.07 Å². The third-order valence-corrected chi connectivity index (χ3v) is 5.66. The molecule has 2 amide bonds. The molecule has 3 aromatic rings. The number of nitrogens with one attached hydrogen (secondary N) is 2. The van der Waals surface area contributed by atoms with Crippen LogP contribution in [0.25, 0.3) is 0 Å². The van der Waals surface area contributed by atoms with Gasteiger partial charge in [0.05, 0.1) is 26.4 Å². The molecule has 0 spiro atoms. The minimum Gasteiger partial charge on any atom is -0.493 e. The number of hydrogen-bond donors (Lipinski definition) is 2. The molecule has 3 rings (SSSR count). The number of thioether (sulfide) groups is 1. The van der Waals surface area contributed by atoms with Crippen molar-refractivity contribution in [2.45, 2.75) is 17.7 Å². The fraction of sp³-hybridized carbons (Fsp3) is 0.278. The third kappa shape index (κ3) is 5.94. The first-order chi connectivity index (χ1) is 14.5. The molecule has 2 aromatic heterocycles. The van der Waals surface area contributed by atoms with Crippen LogP contribution in [0.5, 0.6) is 11.5 Å². The Morgan fingerprint density at radius 3 is 2.60 bits per heavy atom. The van der Waals surface area contributed by atoms with Crippen LogP contribution in [0.15, 0.2) is 33.1 Å². The highest BCUT2D eigenvalue weighted by Gasteiger charge is 2.13. The first-order valence-corrected chi connectivity index (χ1v) is 10.5. The maximum atomic E-state index is 12.3. The summed E-state index contributed by atoms with van der Waals surface area (Å²) in [6.45, 7) is 1.74. The van der Waals surface area contributed by atoms with Crippen LogP contribution < -0.4 is 20.1 Å². The minimum atomic E-state index is -0.248. The third-order valence-electron chi connectivity index (χ3n) is 3.69. The lowest BCUT2D eigenvalue weighted by atomic mass is 10.1. The molecule has 0 radical (unpaired) electrons. The minimum absolute atomic E-state index is 0.125. The van der Waals surface area contributed by atoms with Gasteiger partial charge in [0.1, 0.15) is 5.76 Å². The number of hydrogen-bond acceptors (Lipinski definition) is 10. The van der Waals surface area contributed by atoms with E-state index in [-0.39, 0.29) is 24.0 Å². The first-order valence-electron chi connectivity index (χ1n) is 8.67. The van der Waals surface area contributed by atoms with Gasteiger partial charge in [-0.3, -0.25) is 9.59 Å². The van der Waals surface area contributed by atoms with E-state index in [2.05, 4.69) is 26.0 Å². The molecular formula is C18H19N5O5S2. The van der Waals surface area contributed by atoms with E-state index in [4.69, 9.17) is 14.0 Å². The maximum Gasteiger partial charge on any atom is 0.236 e. The lowest BCUT2D eigenvalue weighted by Crippen LogP contribution is -2.14. The van der Waals surface area contributed by atoms with Crippen molar-refractivity contribution >= 4 is 45.9 Å². The maximum absolute atomic E-state index is 12.3. The number of aryl methyl sites for hydroxylation is 1. The Kier molecular flexibility index (Phi) is 7.25. The number of anilines is 2. The average molecular weight is 450 g/mol. The van der Waals surface area contributed by atoms with Gasteiger partial charge in [0.2, 0.25) is 16.9 Å². The predicted octanol–water partition coefficient (Wildman–Crippen LogP) is 2.76. The molecule has 0 aliphatic heterocycles. The molecule has 1 aromatic carbocycles. The molecule has 0 aliphatic rings. The summed E-state index contributed by atoms with van der Waals surface area (Å²) in [6, 6.07) is 6.90. The van der Waals surface area contributed by atoms with Crippen LogP contribution in [0.1, 0.15) is 11.3 Å². The lowest BCUT2D eigenvalue weighted by Gasteiger charge is -2.09. The Balaban J connectivity index is 1.48. The number of methoxy groups -OCH3 is 2. The van der Waals surface area contributed by atoms with Gasteiger partial charge in [0.15, 0.2) is 21.7 Å². The summed E-state index contributed by atoms with van der Waals surface area (Å²) in [5.41, 5.74) is 0.768. The molecule has 10 nitrogen and oxygen atoms in total. The summed E-state index contributed by atoms with van der Waals surface area (Å²) in [5.74, 6) is 1.75. The summed E-state index contributed by atoms with van der Waals surface area (Å²) in [6.07, 6.45) is 0.141. The van der Waals surface area contributed by atoms with Crippen LogP contribution in [-0.4, -0.2) is 47.1 Å². The second-order valence-corrected chi connectivity index (χ2v) is 8.15. The van der Waals surface area contributed by atoms with E-state index in [0.29, 0.717) is 32.5 Å². The smallest absolute Gasteiger partial charge is 0.236 e. The molecule has 2 N–H and O–H groups in total. The summed E-state index contributed by atoms with van der Waals surface area (Å²) < 4.78 is 15.9. The standard InChI is InChI=1S/C18H19N5O5S2/c1-10-6-14(23-28-10)19-16(25)9-29-18-22-21-17(30-18)20-15(24)8-11-4-5-12(26-2)13(7-11)27-3/h4-7H,8-9H2,1-3H3,(H,19,23,25)(H,20,21,24). The number of carbonyl (C=O) groups is 2. The monoisotopic (exact) mass is 449 g/mol. The van der Waals surface area contributed by atoms with E-state index in [9.17, 15) is 9.59 Å². The number of ether oxygens (including phenoxy) is 2. The molecule has 0 bridgehead atoms. The Morgan fingerprint density at radius 1 is 1.10 bits per heavy atom. The molecule has 158 valence electrons. The number of carbonyl (C=O) groups excluding carboxylic acids is 2. The van der Waals surface area contributed by atoms with Crippen LogP contribution in [0.4, 0.5) is 10.9 Å². The van der Waals surface area contributed by atoms with Gasteiger partial charge in [-0.25, -0.2) is 0 Å². The van der Waals surface area contributed by atoms with Crippen molar-refractivity contribution in [2.75, 3.05) is 30.6 Å². The van der Waals surface area contributed by atoms with Crippen molar-refractivity contribution in [1.29, 1.82) is 0 Å². The molecule has 12 heteroatoms. The largest absolute Gasteiger partial charge is 0.493 e. The van der Waals surface area contributed by atoms with Crippen molar-refractivity contribution in [1.82, 2.24) is 15.4 Å².